The van der Waals surface area contributed by atoms with E-state index in [1.54, 1.807) is 42.6 Å². The van der Waals surface area contributed by atoms with Crippen LogP contribution in [0.15, 0.2) is 58.0 Å². The molecule has 0 amide bonds. The van der Waals surface area contributed by atoms with Crippen LogP contribution in [0.1, 0.15) is 0 Å². The summed E-state index contributed by atoms with van der Waals surface area (Å²) in [5.74, 6) is 0. The molecular weight excluding hydrogens is 438 g/mol. The Morgan fingerprint density at radius 3 is 2.50 bits per heavy atom. The summed E-state index contributed by atoms with van der Waals surface area (Å²) in [5.41, 5.74) is 1.52. The van der Waals surface area contributed by atoms with Crippen LogP contribution < -0.4 is 10.2 Å². The molecule has 3 aromatic rings. The van der Waals surface area contributed by atoms with Gasteiger partial charge in [-0.05, 0) is 46.3 Å². The summed E-state index contributed by atoms with van der Waals surface area (Å²) in [6.45, 7) is 3.42. The molecule has 8 heteroatoms. The molecule has 5 nitrogen and oxygen atoms in total. The zero-order valence-electron chi connectivity index (χ0n) is 13.8. The van der Waals surface area contributed by atoms with Crippen molar-refractivity contribution < 1.29 is 8.42 Å². The standard InChI is InChI=1S/C18H17BrClN3O2S/c19-14-3-1-2-4-17(14)26(24,25)23-10-7-13-16(23)6-5-15(20)18(13)22-11-8-21-9-12-22/h1-7,10,21H,8-9,11-12H2. The minimum Gasteiger partial charge on any atom is -0.367 e. The predicted molar refractivity (Wildman–Crippen MR) is 109 cm³/mol. The fourth-order valence-corrected chi connectivity index (χ4v) is 5.93. The molecule has 0 saturated carbocycles. The number of hydrogen-bond acceptors (Lipinski definition) is 4. The Morgan fingerprint density at radius 1 is 1.04 bits per heavy atom. The Balaban J connectivity index is 1.90. The largest absolute Gasteiger partial charge is 0.367 e. The van der Waals surface area contributed by atoms with E-state index in [0.717, 1.165) is 37.3 Å². The van der Waals surface area contributed by atoms with Gasteiger partial charge in [0, 0.05) is 42.2 Å². The first-order chi connectivity index (χ1) is 12.5. The first kappa shape index (κ1) is 17.9. The molecule has 26 heavy (non-hydrogen) atoms. The van der Waals surface area contributed by atoms with Crippen LogP contribution in [-0.2, 0) is 10.0 Å². The summed E-state index contributed by atoms with van der Waals surface area (Å²) < 4.78 is 28.2. The fourth-order valence-electron chi connectivity index (χ4n) is 3.33. The highest BCUT2D eigenvalue weighted by atomic mass is 79.9. The molecule has 136 valence electrons. The maximum atomic E-state index is 13.2. The van der Waals surface area contributed by atoms with E-state index in [1.165, 1.54) is 3.97 Å². The van der Waals surface area contributed by atoms with E-state index in [2.05, 4.69) is 26.1 Å². The molecule has 1 N–H and O–H groups in total. The van der Waals surface area contributed by atoms with Gasteiger partial charge >= 0.3 is 0 Å². The highest BCUT2D eigenvalue weighted by molar-refractivity contribution is 9.10. The van der Waals surface area contributed by atoms with Gasteiger partial charge in [0.2, 0.25) is 0 Å². The highest BCUT2D eigenvalue weighted by Gasteiger charge is 2.24. The van der Waals surface area contributed by atoms with E-state index < -0.39 is 10.0 Å². The molecule has 4 rings (SSSR count). The lowest BCUT2D eigenvalue weighted by Gasteiger charge is -2.30. The molecule has 0 aliphatic carbocycles. The minimum atomic E-state index is -3.72. The molecule has 1 aromatic heterocycles. The summed E-state index contributed by atoms with van der Waals surface area (Å²) >= 11 is 9.82. The van der Waals surface area contributed by atoms with Crippen molar-refractivity contribution in [3.63, 3.8) is 0 Å². The van der Waals surface area contributed by atoms with Crippen LogP contribution in [0, 0.1) is 0 Å². The molecular formula is C18H17BrClN3O2S. The van der Waals surface area contributed by atoms with Gasteiger partial charge in [0.25, 0.3) is 10.0 Å². The second-order valence-electron chi connectivity index (χ2n) is 6.11. The minimum absolute atomic E-state index is 0.233. The van der Waals surface area contributed by atoms with Gasteiger partial charge in [-0.3, -0.25) is 0 Å². The van der Waals surface area contributed by atoms with Crippen molar-refractivity contribution in [3.05, 3.63) is 58.2 Å². The molecule has 1 fully saturated rings. The quantitative estimate of drug-likeness (QED) is 0.655. The Labute approximate surface area is 165 Å². The topological polar surface area (TPSA) is 54.3 Å². The Morgan fingerprint density at radius 2 is 1.77 bits per heavy atom. The van der Waals surface area contributed by atoms with E-state index in [9.17, 15) is 8.42 Å². The molecule has 0 bridgehead atoms. The van der Waals surface area contributed by atoms with E-state index in [4.69, 9.17) is 11.6 Å². The predicted octanol–water partition coefficient (Wildman–Crippen LogP) is 3.70. The summed E-state index contributed by atoms with van der Waals surface area (Å²) in [5, 5.41) is 4.80. The van der Waals surface area contributed by atoms with Gasteiger partial charge in [0.15, 0.2) is 0 Å². The lowest BCUT2D eigenvalue weighted by atomic mass is 10.2. The van der Waals surface area contributed by atoms with Crippen LogP contribution in [0.3, 0.4) is 0 Å². The van der Waals surface area contributed by atoms with Gasteiger partial charge < -0.3 is 10.2 Å². The molecule has 1 saturated heterocycles. The number of hydrogen-bond donors (Lipinski definition) is 1. The number of nitrogens with zero attached hydrogens (tertiary/aromatic N) is 2. The van der Waals surface area contributed by atoms with Crippen molar-refractivity contribution in [2.75, 3.05) is 31.1 Å². The molecule has 2 heterocycles. The lowest BCUT2D eigenvalue weighted by molar-refractivity contribution is 0.588. The van der Waals surface area contributed by atoms with Gasteiger partial charge in [0.1, 0.15) is 4.90 Å². The molecule has 1 aliphatic heterocycles. The van der Waals surface area contributed by atoms with Crippen LogP contribution in [-0.4, -0.2) is 38.6 Å². The van der Waals surface area contributed by atoms with Crippen LogP contribution in [0.5, 0.6) is 0 Å². The smallest absolute Gasteiger partial charge is 0.269 e. The van der Waals surface area contributed by atoms with Gasteiger partial charge in [-0.1, -0.05) is 23.7 Å². The Bertz CT molecular complexity index is 1080. The number of halogens is 2. The normalized spacial score (nSPS) is 15.5. The highest BCUT2D eigenvalue weighted by Crippen LogP contribution is 2.37. The average Bonchev–Trinajstić information content (AvgIpc) is 3.07. The summed E-state index contributed by atoms with van der Waals surface area (Å²) in [6, 6.07) is 12.2. The van der Waals surface area contributed by atoms with Crippen LogP contribution >= 0.6 is 27.5 Å². The van der Waals surface area contributed by atoms with Crippen molar-refractivity contribution in [2.24, 2.45) is 0 Å². The number of benzene rings is 2. The first-order valence-corrected chi connectivity index (χ1v) is 10.9. The average molecular weight is 455 g/mol. The first-order valence-electron chi connectivity index (χ1n) is 8.25. The molecule has 0 spiro atoms. The lowest BCUT2D eigenvalue weighted by Crippen LogP contribution is -2.43. The molecule has 2 aromatic carbocycles. The van der Waals surface area contributed by atoms with E-state index >= 15 is 0 Å². The Kier molecular flexibility index (Phi) is 4.73. The summed E-state index contributed by atoms with van der Waals surface area (Å²) in [4.78, 5) is 2.44. The Hall–Kier alpha value is -1.54. The van der Waals surface area contributed by atoms with Crippen LogP contribution in [0.4, 0.5) is 5.69 Å². The molecule has 0 radical (unpaired) electrons. The van der Waals surface area contributed by atoms with Crippen molar-refractivity contribution in [2.45, 2.75) is 4.90 Å². The zero-order chi connectivity index (χ0) is 18.3. The van der Waals surface area contributed by atoms with Crippen LogP contribution in [0.25, 0.3) is 10.9 Å². The number of rotatable bonds is 3. The maximum Gasteiger partial charge on any atom is 0.269 e. The molecule has 0 unspecified atom stereocenters. The van der Waals surface area contributed by atoms with E-state index in [0.29, 0.717) is 15.0 Å². The third-order valence-corrected chi connectivity index (χ3v) is 7.57. The van der Waals surface area contributed by atoms with E-state index in [1.807, 2.05) is 6.07 Å². The zero-order valence-corrected chi connectivity index (χ0v) is 17.0. The SMILES string of the molecule is O=S(=O)(c1ccccc1Br)n1ccc2c(N3CCNCC3)c(Cl)ccc21. The monoisotopic (exact) mass is 453 g/mol. The van der Waals surface area contributed by atoms with Crippen molar-refractivity contribution in [3.8, 4) is 0 Å². The second-order valence-corrected chi connectivity index (χ2v) is 9.16. The maximum absolute atomic E-state index is 13.2. The van der Waals surface area contributed by atoms with E-state index in [-0.39, 0.29) is 4.90 Å². The number of aromatic nitrogens is 1. The number of fused-ring (bicyclic) bond motifs is 1. The molecule has 0 atom stereocenters. The summed E-state index contributed by atoms with van der Waals surface area (Å²) in [7, 11) is -3.72. The van der Waals surface area contributed by atoms with Crippen molar-refractivity contribution >= 4 is 54.1 Å². The molecule has 1 aliphatic rings. The van der Waals surface area contributed by atoms with Crippen LogP contribution in [0.2, 0.25) is 5.02 Å². The second kappa shape index (κ2) is 6.88. The summed E-state index contributed by atoms with van der Waals surface area (Å²) in [6.07, 6.45) is 1.60. The third-order valence-electron chi connectivity index (χ3n) is 4.57. The third kappa shape index (κ3) is 2.93. The van der Waals surface area contributed by atoms with Crippen molar-refractivity contribution in [1.29, 1.82) is 0 Å². The van der Waals surface area contributed by atoms with Gasteiger partial charge in [-0.15, -0.1) is 0 Å². The van der Waals surface area contributed by atoms with Crippen molar-refractivity contribution in [1.82, 2.24) is 9.29 Å². The number of piperazine rings is 1. The fraction of sp³-hybridized carbons (Fsp3) is 0.222. The number of nitrogens with one attached hydrogen (secondary N) is 1. The number of anilines is 1. The van der Waals surface area contributed by atoms with Gasteiger partial charge in [0.05, 0.1) is 16.2 Å². The van der Waals surface area contributed by atoms with Gasteiger partial charge in [-0.25, -0.2) is 12.4 Å². The van der Waals surface area contributed by atoms with Gasteiger partial charge in [-0.2, -0.15) is 0 Å².